The molecule has 6 nitrogen and oxygen atoms in total. The van der Waals surface area contributed by atoms with Crippen LogP contribution >= 0.6 is 18.6 Å². The van der Waals surface area contributed by atoms with Gasteiger partial charge in [-0.15, -0.1) is 82.2 Å². The standard InChI is InChI=1S/2C11H8N3.2ClH.Ti/c2*1-2-4-10-6-11(5-9(10)3-1)14-8-12-7-13-14;;;/h2*1-8H;2*1H;/q2*-1;;;+2/p-2. The van der Waals surface area contributed by atoms with Gasteiger partial charge in [0, 0.05) is 0 Å². The van der Waals surface area contributed by atoms with Crippen LogP contribution in [-0.2, 0) is 17.0 Å². The summed E-state index contributed by atoms with van der Waals surface area (Å²) in [6.45, 7) is 0. The number of fused-ring (bicyclic) bond motifs is 2. The van der Waals surface area contributed by atoms with Gasteiger partial charge in [-0.3, -0.25) is 0 Å². The summed E-state index contributed by atoms with van der Waals surface area (Å²) in [7, 11) is 9.78. The molecule has 0 aliphatic carbocycles. The first-order chi connectivity index (χ1) is 15.3. The van der Waals surface area contributed by atoms with E-state index in [9.17, 15) is 0 Å². The van der Waals surface area contributed by atoms with Gasteiger partial charge in [0.2, 0.25) is 0 Å². The molecular formula is C22H16Cl2N6Ti-2. The summed E-state index contributed by atoms with van der Waals surface area (Å²) < 4.78 is 3.53. The molecule has 154 valence electrons. The van der Waals surface area contributed by atoms with Gasteiger partial charge in [-0.05, 0) is 11.4 Å². The minimum Gasteiger partial charge on any atom is -0.240 e. The predicted molar refractivity (Wildman–Crippen MR) is 121 cm³/mol. The molecule has 0 N–H and O–H groups in total. The van der Waals surface area contributed by atoms with Crippen LogP contribution in [0.4, 0.5) is 0 Å². The van der Waals surface area contributed by atoms with Crippen LogP contribution in [0.15, 0.2) is 98.1 Å². The molecule has 6 rings (SSSR count). The van der Waals surface area contributed by atoms with Crippen LogP contribution < -0.4 is 0 Å². The van der Waals surface area contributed by atoms with E-state index in [0.29, 0.717) is 0 Å². The van der Waals surface area contributed by atoms with Gasteiger partial charge in [-0.1, -0.05) is 12.1 Å². The van der Waals surface area contributed by atoms with Crippen LogP contribution in [-0.4, -0.2) is 29.5 Å². The normalized spacial score (nSPS) is 10.3. The molecule has 0 amide bonds. The average Bonchev–Trinajstić information content (AvgIpc) is 3.60. The first kappa shape index (κ1) is 21.5. The fourth-order valence-corrected chi connectivity index (χ4v) is 3.22. The second-order valence-electron chi connectivity index (χ2n) is 6.44. The molecule has 31 heavy (non-hydrogen) atoms. The van der Waals surface area contributed by atoms with Crippen molar-refractivity contribution in [3.05, 3.63) is 98.1 Å². The number of benzene rings is 2. The summed E-state index contributed by atoms with van der Waals surface area (Å²) in [6, 6.07) is 24.9. The third kappa shape index (κ3) is 5.29. The van der Waals surface area contributed by atoms with E-state index in [4.69, 9.17) is 18.6 Å². The Hall–Kier alpha value is -2.77. The van der Waals surface area contributed by atoms with Crippen molar-refractivity contribution < 1.29 is 17.0 Å². The second kappa shape index (κ2) is 10.5. The Balaban J connectivity index is 0.000000133. The number of hydrogen-bond donors (Lipinski definition) is 0. The minimum atomic E-state index is -0.556. The van der Waals surface area contributed by atoms with Crippen molar-refractivity contribution in [3.63, 3.8) is 0 Å². The number of halogens is 2. The van der Waals surface area contributed by atoms with E-state index < -0.39 is 17.0 Å². The molecule has 6 aromatic rings. The molecule has 0 aliphatic rings. The van der Waals surface area contributed by atoms with E-state index >= 15 is 0 Å². The molecule has 4 aromatic carbocycles. The van der Waals surface area contributed by atoms with Crippen LogP contribution in [0.3, 0.4) is 0 Å². The third-order valence-electron chi connectivity index (χ3n) is 4.57. The molecule has 0 fully saturated rings. The van der Waals surface area contributed by atoms with E-state index in [2.05, 4.69) is 68.7 Å². The van der Waals surface area contributed by atoms with Gasteiger partial charge in [-0.25, -0.2) is 19.3 Å². The van der Waals surface area contributed by atoms with Gasteiger partial charge in [0.25, 0.3) is 0 Å². The summed E-state index contributed by atoms with van der Waals surface area (Å²) in [4.78, 5) is 7.84. The van der Waals surface area contributed by atoms with Gasteiger partial charge in [0.1, 0.15) is 25.3 Å². The van der Waals surface area contributed by atoms with Crippen LogP contribution in [0, 0.1) is 0 Å². The maximum absolute atomic E-state index is 4.89. The smallest absolute Gasteiger partial charge is 0.138 e. The Bertz CT molecular complexity index is 1170. The zero-order valence-electron chi connectivity index (χ0n) is 16.2. The molecule has 0 bridgehead atoms. The van der Waals surface area contributed by atoms with Crippen LogP contribution in [0.25, 0.3) is 32.9 Å². The topological polar surface area (TPSA) is 61.4 Å². The summed E-state index contributed by atoms with van der Waals surface area (Å²) >= 11 is -0.556. The Labute approximate surface area is 195 Å². The molecule has 0 aliphatic heterocycles. The number of aromatic nitrogens is 6. The Morgan fingerprint density at radius 3 is 1.45 bits per heavy atom. The first-order valence-electron chi connectivity index (χ1n) is 9.25. The van der Waals surface area contributed by atoms with E-state index in [0.717, 1.165) is 11.4 Å². The van der Waals surface area contributed by atoms with E-state index in [1.54, 1.807) is 22.0 Å². The van der Waals surface area contributed by atoms with Crippen LogP contribution in [0.5, 0.6) is 0 Å². The van der Waals surface area contributed by atoms with Crippen molar-refractivity contribution in [1.82, 2.24) is 29.5 Å². The van der Waals surface area contributed by atoms with Gasteiger partial charge in [0.05, 0.1) is 0 Å². The maximum Gasteiger partial charge on any atom is 0.138 e. The second-order valence-corrected chi connectivity index (χ2v) is 9.02. The molecule has 0 atom stereocenters. The van der Waals surface area contributed by atoms with Crippen molar-refractivity contribution in [3.8, 4) is 11.4 Å². The maximum atomic E-state index is 4.89. The van der Waals surface area contributed by atoms with Crippen LogP contribution in [0.1, 0.15) is 0 Å². The molecule has 0 unspecified atom stereocenters. The van der Waals surface area contributed by atoms with E-state index in [1.165, 1.54) is 34.2 Å². The number of rotatable bonds is 2. The molecule has 0 saturated heterocycles. The summed E-state index contributed by atoms with van der Waals surface area (Å²) in [5.74, 6) is 0. The largest absolute Gasteiger partial charge is 0.240 e. The van der Waals surface area contributed by atoms with Crippen LogP contribution in [0.2, 0.25) is 0 Å². The Morgan fingerprint density at radius 2 is 1.10 bits per heavy atom. The molecule has 0 radical (unpaired) electrons. The zero-order valence-corrected chi connectivity index (χ0v) is 19.3. The molecule has 0 spiro atoms. The van der Waals surface area contributed by atoms with Crippen molar-refractivity contribution in [2.75, 3.05) is 0 Å². The van der Waals surface area contributed by atoms with Crippen molar-refractivity contribution in [2.45, 2.75) is 0 Å². The average molecular weight is 483 g/mol. The molecule has 2 aromatic heterocycles. The quantitative estimate of drug-likeness (QED) is 0.236. The summed E-state index contributed by atoms with van der Waals surface area (Å²) in [6.07, 6.45) is 6.48. The van der Waals surface area contributed by atoms with Crippen molar-refractivity contribution >= 4 is 40.2 Å². The van der Waals surface area contributed by atoms with Crippen molar-refractivity contribution in [2.24, 2.45) is 0 Å². The first-order valence-corrected chi connectivity index (χ1v) is 13.6. The van der Waals surface area contributed by atoms with E-state index in [-0.39, 0.29) is 0 Å². The fourth-order valence-electron chi connectivity index (χ4n) is 3.22. The molecule has 2 heterocycles. The zero-order chi connectivity index (χ0) is 21.5. The summed E-state index contributed by atoms with van der Waals surface area (Å²) in [5, 5.41) is 13.1. The minimum absolute atomic E-state index is 0.556. The molecule has 9 heteroatoms. The van der Waals surface area contributed by atoms with Gasteiger partial charge >= 0.3 is 35.6 Å². The SMILES string of the molecule is [Cl][Ti][Cl].c1ccc2[cH-]c(-n3cncn3)cc2c1.c1ccc2[cH-]c(-n3cncn3)cc2c1. The Morgan fingerprint density at radius 1 is 0.677 bits per heavy atom. The van der Waals surface area contributed by atoms with Crippen molar-refractivity contribution in [1.29, 1.82) is 0 Å². The number of hydrogen-bond acceptors (Lipinski definition) is 4. The fraction of sp³-hybridized carbons (Fsp3) is 0. The van der Waals surface area contributed by atoms with Gasteiger partial charge in [0.15, 0.2) is 0 Å². The molecule has 0 saturated carbocycles. The Kier molecular flexibility index (Phi) is 7.28. The third-order valence-corrected chi connectivity index (χ3v) is 4.57. The summed E-state index contributed by atoms with van der Waals surface area (Å²) in [5.41, 5.74) is 2.12. The predicted octanol–water partition coefficient (Wildman–Crippen LogP) is 5.66. The monoisotopic (exact) mass is 482 g/mol. The molecular weight excluding hydrogens is 467 g/mol. The number of nitrogens with zero attached hydrogens (tertiary/aromatic N) is 6. The van der Waals surface area contributed by atoms with Gasteiger partial charge < -0.3 is 0 Å². The van der Waals surface area contributed by atoms with E-state index in [1.807, 2.05) is 24.3 Å². The van der Waals surface area contributed by atoms with Gasteiger partial charge in [-0.2, -0.15) is 10.2 Å².